The molecule has 0 spiro atoms. The first kappa shape index (κ1) is 54.5. The van der Waals surface area contributed by atoms with Crippen molar-refractivity contribution >= 4 is 13.7 Å². The van der Waals surface area contributed by atoms with Crippen LogP contribution in [-0.2, 0) is 18.4 Å². The topological polar surface area (TPSA) is 105 Å². The number of quaternary nitrogens is 1. The highest BCUT2D eigenvalue weighted by atomic mass is 31.2. The summed E-state index contributed by atoms with van der Waals surface area (Å²) in [6.07, 6.45) is 49.4. The van der Waals surface area contributed by atoms with Crippen LogP contribution >= 0.6 is 7.82 Å². The fourth-order valence-corrected chi connectivity index (χ4v) is 7.07. The third-order valence-corrected chi connectivity index (χ3v) is 11.0. The number of nitrogens with one attached hydrogen (secondary N) is 1. The number of hydrogen-bond acceptors (Lipinski definition) is 5. The first-order valence-electron chi connectivity index (χ1n) is 23.0. The predicted octanol–water partition coefficient (Wildman–Crippen LogP) is 12.9. The molecule has 0 heterocycles. The number of phosphoric acid groups is 1. The first-order valence-corrected chi connectivity index (χ1v) is 24.5. The lowest BCUT2D eigenvalue weighted by atomic mass is 10.0. The summed E-state index contributed by atoms with van der Waals surface area (Å²) in [7, 11) is 1.55. The van der Waals surface area contributed by atoms with Gasteiger partial charge in [-0.3, -0.25) is 13.8 Å². The molecule has 56 heavy (non-hydrogen) atoms. The zero-order chi connectivity index (χ0) is 41.4. The number of likely N-dealkylation sites (N-methyl/N-ethyl adjacent to an activating group) is 1. The molecule has 0 radical (unpaired) electrons. The molecule has 0 aliphatic rings. The Kier molecular flexibility index (Phi) is 37.9. The van der Waals surface area contributed by atoms with Crippen LogP contribution in [0.4, 0.5) is 0 Å². The highest BCUT2D eigenvalue weighted by Crippen LogP contribution is 2.43. The molecule has 3 atom stereocenters. The number of allylic oxidation sites excluding steroid dienone is 7. The van der Waals surface area contributed by atoms with Crippen LogP contribution in [0.25, 0.3) is 0 Å². The second kappa shape index (κ2) is 38.9. The molecule has 3 unspecified atom stereocenters. The molecule has 0 saturated carbocycles. The van der Waals surface area contributed by atoms with Crippen LogP contribution in [0.15, 0.2) is 48.6 Å². The number of hydrogen-bond donors (Lipinski definition) is 3. The zero-order valence-corrected chi connectivity index (χ0v) is 38.0. The van der Waals surface area contributed by atoms with E-state index in [1.807, 2.05) is 27.2 Å². The van der Waals surface area contributed by atoms with Gasteiger partial charge in [0.25, 0.3) is 0 Å². The summed E-state index contributed by atoms with van der Waals surface area (Å²) in [5.74, 6) is -0.193. The van der Waals surface area contributed by atoms with Crippen molar-refractivity contribution in [2.24, 2.45) is 0 Å². The van der Waals surface area contributed by atoms with Crippen molar-refractivity contribution in [1.82, 2.24) is 5.32 Å². The number of aliphatic hydroxyl groups excluding tert-OH is 1. The summed E-state index contributed by atoms with van der Waals surface area (Å²) < 4.78 is 23.4. The normalized spacial score (nSPS) is 14.8. The third kappa shape index (κ3) is 40.6. The van der Waals surface area contributed by atoms with Crippen LogP contribution in [0, 0.1) is 0 Å². The smallest absolute Gasteiger partial charge is 0.387 e. The number of aliphatic hydroxyl groups is 1. The van der Waals surface area contributed by atoms with Gasteiger partial charge >= 0.3 is 7.82 Å². The molecule has 0 fully saturated rings. The molecule has 9 heteroatoms. The summed E-state index contributed by atoms with van der Waals surface area (Å²) in [5, 5.41) is 13.7. The van der Waals surface area contributed by atoms with E-state index >= 15 is 0 Å². The van der Waals surface area contributed by atoms with Gasteiger partial charge in [0, 0.05) is 6.42 Å². The number of rotatable bonds is 41. The predicted molar refractivity (Wildman–Crippen MR) is 240 cm³/mol. The summed E-state index contributed by atoms with van der Waals surface area (Å²) >= 11 is 0. The lowest BCUT2D eigenvalue weighted by Gasteiger charge is -2.25. The minimum Gasteiger partial charge on any atom is -0.387 e. The van der Waals surface area contributed by atoms with Crippen molar-refractivity contribution in [3.8, 4) is 0 Å². The van der Waals surface area contributed by atoms with E-state index in [4.69, 9.17) is 9.05 Å². The second-order valence-electron chi connectivity index (χ2n) is 16.8. The maximum atomic E-state index is 12.8. The average molecular weight is 810 g/mol. The van der Waals surface area contributed by atoms with Crippen LogP contribution in [0.2, 0.25) is 0 Å². The molecule has 1 amide bonds. The monoisotopic (exact) mass is 810 g/mol. The Balaban J connectivity index is 4.04. The van der Waals surface area contributed by atoms with Crippen molar-refractivity contribution in [3.63, 3.8) is 0 Å². The highest BCUT2D eigenvalue weighted by molar-refractivity contribution is 7.47. The molecule has 0 aliphatic carbocycles. The van der Waals surface area contributed by atoms with Crippen LogP contribution in [-0.4, -0.2) is 73.4 Å². The number of unbranched alkanes of at least 4 members (excludes halogenated alkanes) is 22. The second-order valence-corrected chi connectivity index (χ2v) is 18.2. The number of carbonyl (C=O) groups excluding carboxylic acids is 1. The van der Waals surface area contributed by atoms with Gasteiger partial charge < -0.3 is 19.8 Å². The van der Waals surface area contributed by atoms with E-state index in [0.29, 0.717) is 17.4 Å². The van der Waals surface area contributed by atoms with Gasteiger partial charge in [0.15, 0.2) is 0 Å². The standard InChI is InChI=1S/C47H89N2O6P/c1-6-8-10-12-14-15-16-17-18-19-20-21-22-23-24-25-26-27-28-29-30-31-32-33-35-37-39-41-47(51)48-45(46(50)40-38-36-34-13-11-9-7-2)44-55-56(52,53)54-43-42-49(3,4)5/h11,13,16-17,19-20,38,40,45-46,50H,6-10,12,14-15,18,21-37,39,41-44H2,1-5H3,(H-,48,51,52,53)/p+1/b13-11+,17-16-,20-19-,40-38+. The molecule has 328 valence electrons. The highest BCUT2D eigenvalue weighted by Gasteiger charge is 2.27. The van der Waals surface area contributed by atoms with Gasteiger partial charge in [-0.05, 0) is 57.8 Å². The van der Waals surface area contributed by atoms with Crippen molar-refractivity contribution in [3.05, 3.63) is 48.6 Å². The van der Waals surface area contributed by atoms with Gasteiger partial charge in [-0.2, -0.15) is 0 Å². The van der Waals surface area contributed by atoms with E-state index in [0.717, 1.165) is 51.4 Å². The Morgan fingerprint density at radius 3 is 1.59 bits per heavy atom. The van der Waals surface area contributed by atoms with Gasteiger partial charge in [-0.15, -0.1) is 0 Å². The van der Waals surface area contributed by atoms with Crippen molar-refractivity contribution in [2.45, 2.75) is 206 Å². The SMILES string of the molecule is CCC/C=C/CC/C=C/C(O)C(COP(=O)(O)OCC[N+](C)(C)C)NC(=O)CCCCCCCCCCCCCCCCC/C=C\C/C=C\CCCCCCC. The van der Waals surface area contributed by atoms with Crippen molar-refractivity contribution < 1.29 is 32.9 Å². The minimum absolute atomic E-state index is 0.0549. The summed E-state index contributed by atoms with van der Waals surface area (Å²) in [6, 6.07) is -0.860. The molecule has 8 nitrogen and oxygen atoms in total. The Labute approximate surface area is 346 Å². The van der Waals surface area contributed by atoms with Crippen LogP contribution in [0.5, 0.6) is 0 Å². The zero-order valence-electron chi connectivity index (χ0n) is 37.1. The minimum atomic E-state index is -4.33. The Morgan fingerprint density at radius 1 is 0.607 bits per heavy atom. The maximum Gasteiger partial charge on any atom is 0.472 e. The molecule has 0 bridgehead atoms. The molecule has 0 saturated heterocycles. The van der Waals surface area contributed by atoms with Crippen LogP contribution < -0.4 is 5.32 Å². The number of carbonyl (C=O) groups is 1. The molecule has 0 aliphatic heterocycles. The lowest BCUT2D eigenvalue weighted by molar-refractivity contribution is -0.870. The largest absolute Gasteiger partial charge is 0.472 e. The first-order chi connectivity index (χ1) is 27.0. The van der Waals surface area contributed by atoms with Gasteiger partial charge in [-0.1, -0.05) is 178 Å². The fourth-order valence-electron chi connectivity index (χ4n) is 6.33. The molecule has 0 aromatic carbocycles. The van der Waals surface area contributed by atoms with Crippen LogP contribution in [0.3, 0.4) is 0 Å². The van der Waals surface area contributed by atoms with E-state index in [1.54, 1.807) is 6.08 Å². The van der Waals surface area contributed by atoms with Gasteiger partial charge in [0.2, 0.25) is 5.91 Å². The quantitative estimate of drug-likeness (QED) is 0.0246. The van der Waals surface area contributed by atoms with Crippen molar-refractivity contribution in [1.29, 1.82) is 0 Å². The lowest BCUT2D eigenvalue weighted by Crippen LogP contribution is -2.45. The molecular weight excluding hydrogens is 719 g/mol. The summed E-state index contributed by atoms with van der Waals surface area (Å²) in [6.45, 7) is 4.66. The molecular formula is C47H90N2O6P+. The number of nitrogens with zero attached hydrogens (tertiary/aromatic N) is 1. The Morgan fingerprint density at radius 2 is 1.07 bits per heavy atom. The van der Waals surface area contributed by atoms with E-state index in [2.05, 4.69) is 55.6 Å². The van der Waals surface area contributed by atoms with E-state index in [-0.39, 0.29) is 19.1 Å². The van der Waals surface area contributed by atoms with E-state index in [9.17, 15) is 19.4 Å². The van der Waals surface area contributed by atoms with Crippen LogP contribution in [0.1, 0.15) is 194 Å². The van der Waals surface area contributed by atoms with Gasteiger partial charge in [0.05, 0.1) is 39.9 Å². The van der Waals surface area contributed by atoms with Gasteiger partial charge in [-0.25, -0.2) is 4.57 Å². The average Bonchev–Trinajstić information content (AvgIpc) is 3.15. The van der Waals surface area contributed by atoms with E-state index in [1.165, 1.54) is 122 Å². The van der Waals surface area contributed by atoms with Gasteiger partial charge in [0.1, 0.15) is 13.2 Å². The van der Waals surface area contributed by atoms with E-state index < -0.39 is 20.0 Å². The molecule has 0 aromatic heterocycles. The maximum absolute atomic E-state index is 12.8. The Bertz CT molecular complexity index is 1050. The molecule has 0 rings (SSSR count). The third-order valence-electron chi connectivity index (χ3n) is 10.0. The molecule has 0 aromatic rings. The number of amides is 1. The number of phosphoric ester groups is 1. The summed E-state index contributed by atoms with van der Waals surface area (Å²) in [5.41, 5.74) is 0. The fraction of sp³-hybridized carbons (Fsp3) is 0.809. The Hall–Kier alpha value is -1.54. The van der Waals surface area contributed by atoms with Crippen molar-refractivity contribution in [2.75, 3.05) is 40.9 Å². The molecule has 3 N–H and O–H groups in total. The summed E-state index contributed by atoms with van der Waals surface area (Å²) in [4.78, 5) is 23.0.